The molecule has 1 aliphatic heterocycles. The Balaban J connectivity index is 1.41. The lowest BCUT2D eigenvalue weighted by Crippen LogP contribution is -2.38. The summed E-state index contributed by atoms with van der Waals surface area (Å²) in [6.07, 6.45) is 4.21. The monoisotopic (exact) mass is 425 g/mol. The number of carbonyl (C=O) groups is 1. The van der Waals surface area contributed by atoms with Gasteiger partial charge in [-0.2, -0.15) is 4.52 Å². The molecule has 2 aromatic heterocycles. The van der Waals surface area contributed by atoms with Gasteiger partial charge in [-0.25, -0.2) is 4.98 Å². The Morgan fingerprint density at radius 3 is 2.77 bits per heavy atom. The molecule has 0 aliphatic carbocycles. The number of piperidine rings is 1. The van der Waals surface area contributed by atoms with Gasteiger partial charge in [0, 0.05) is 36.5 Å². The van der Waals surface area contributed by atoms with Crippen LogP contribution in [0.3, 0.4) is 0 Å². The number of aryl methyl sites for hydroxylation is 2. The van der Waals surface area contributed by atoms with Crippen LogP contribution >= 0.6 is 11.3 Å². The van der Waals surface area contributed by atoms with Crippen molar-refractivity contribution in [3.8, 4) is 0 Å². The molecule has 1 N–H and O–H groups in total. The molecule has 158 valence electrons. The molecule has 7 nitrogen and oxygen atoms in total. The van der Waals surface area contributed by atoms with E-state index in [1.807, 2.05) is 18.2 Å². The third-order valence-electron chi connectivity index (χ3n) is 5.53. The Bertz CT molecular complexity index is 1100. The Morgan fingerprint density at radius 1 is 1.23 bits per heavy atom. The smallest absolute Gasteiger partial charge is 0.275 e. The van der Waals surface area contributed by atoms with E-state index in [0.717, 1.165) is 61.7 Å². The van der Waals surface area contributed by atoms with E-state index in [1.54, 1.807) is 6.07 Å². The van der Waals surface area contributed by atoms with Crippen molar-refractivity contribution in [2.75, 3.05) is 23.3 Å². The summed E-state index contributed by atoms with van der Waals surface area (Å²) in [4.78, 5) is 32.4. The molecule has 1 amide bonds. The molecule has 30 heavy (non-hydrogen) atoms. The van der Waals surface area contributed by atoms with Crippen molar-refractivity contribution in [1.82, 2.24) is 14.6 Å². The van der Waals surface area contributed by atoms with Crippen LogP contribution in [0.2, 0.25) is 0 Å². The predicted molar refractivity (Wildman–Crippen MR) is 121 cm³/mol. The van der Waals surface area contributed by atoms with Crippen LogP contribution in [0.25, 0.3) is 4.96 Å². The van der Waals surface area contributed by atoms with Crippen LogP contribution in [-0.2, 0) is 17.6 Å². The van der Waals surface area contributed by atoms with Crippen LogP contribution < -0.4 is 15.8 Å². The van der Waals surface area contributed by atoms with Gasteiger partial charge in [-0.15, -0.1) is 5.10 Å². The molecular formula is C22H27N5O2S. The number of fused-ring (bicyclic) bond motifs is 1. The average Bonchev–Trinajstić information content (AvgIpc) is 3.19. The van der Waals surface area contributed by atoms with Gasteiger partial charge in [0.15, 0.2) is 0 Å². The first kappa shape index (κ1) is 20.5. The minimum absolute atomic E-state index is 0.0158. The van der Waals surface area contributed by atoms with Gasteiger partial charge >= 0.3 is 0 Å². The van der Waals surface area contributed by atoms with Gasteiger partial charge in [-0.1, -0.05) is 43.7 Å². The summed E-state index contributed by atoms with van der Waals surface area (Å²) in [6.45, 7) is 5.66. The van der Waals surface area contributed by atoms with Gasteiger partial charge in [-0.3, -0.25) is 9.59 Å². The number of carbonyl (C=O) groups excluding carboxylic acids is 1. The summed E-state index contributed by atoms with van der Waals surface area (Å²) in [5, 5.41) is 8.34. The van der Waals surface area contributed by atoms with Crippen molar-refractivity contribution < 1.29 is 4.79 Å². The number of amides is 1. The molecule has 8 heteroatoms. The molecule has 1 aliphatic rings. The van der Waals surface area contributed by atoms with Gasteiger partial charge < -0.3 is 10.2 Å². The van der Waals surface area contributed by atoms with Crippen molar-refractivity contribution >= 4 is 33.0 Å². The molecule has 1 fully saturated rings. The first-order valence-corrected chi connectivity index (χ1v) is 11.4. The van der Waals surface area contributed by atoms with Crippen molar-refractivity contribution in [2.45, 2.75) is 46.0 Å². The van der Waals surface area contributed by atoms with E-state index in [-0.39, 0.29) is 17.4 Å². The van der Waals surface area contributed by atoms with Crippen LogP contribution in [0.1, 0.15) is 44.4 Å². The molecule has 4 rings (SSSR count). The van der Waals surface area contributed by atoms with E-state index >= 15 is 0 Å². The van der Waals surface area contributed by atoms with Crippen LogP contribution in [0, 0.1) is 5.92 Å². The summed E-state index contributed by atoms with van der Waals surface area (Å²) < 4.78 is 1.39. The zero-order chi connectivity index (χ0) is 21.1. The van der Waals surface area contributed by atoms with Crippen molar-refractivity contribution in [2.24, 2.45) is 5.92 Å². The standard InChI is InChI=1S/C22H27N5O2S/c1-3-6-17-14-19(28)27-21(24-17)30-22(25-27)26-11-9-16(10-12-26)20(29)23-18-8-5-7-15(4-2)13-18/h5,7-8,13-14,16H,3-4,6,9-12H2,1-2H3,(H,23,29). The quantitative estimate of drug-likeness (QED) is 0.654. The first-order valence-electron chi connectivity index (χ1n) is 10.6. The Morgan fingerprint density at radius 2 is 2.03 bits per heavy atom. The fourth-order valence-corrected chi connectivity index (χ4v) is 4.78. The van der Waals surface area contributed by atoms with Gasteiger partial charge in [-0.05, 0) is 43.4 Å². The fourth-order valence-electron chi connectivity index (χ4n) is 3.80. The normalized spacial score (nSPS) is 14.9. The van der Waals surface area contributed by atoms with Crippen molar-refractivity contribution in [1.29, 1.82) is 0 Å². The number of hydrogen-bond acceptors (Lipinski definition) is 6. The second kappa shape index (κ2) is 8.95. The van der Waals surface area contributed by atoms with Crippen LogP contribution in [0.4, 0.5) is 10.8 Å². The van der Waals surface area contributed by atoms with E-state index in [4.69, 9.17) is 0 Å². The molecular weight excluding hydrogens is 398 g/mol. The largest absolute Gasteiger partial charge is 0.347 e. The van der Waals surface area contributed by atoms with Crippen LogP contribution in [0.5, 0.6) is 0 Å². The predicted octanol–water partition coefficient (Wildman–Crippen LogP) is 3.52. The Labute approximate surface area is 179 Å². The number of hydrogen-bond donors (Lipinski definition) is 1. The average molecular weight is 426 g/mol. The number of anilines is 2. The Hall–Kier alpha value is -2.74. The van der Waals surface area contributed by atoms with Gasteiger partial charge in [0.1, 0.15) is 0 Å². The second-order valence-electron chi connectivity index (χ2n) is 7.72. The second-order valence-corrected chi connectivity index (χ2v) is 8.65. The molecule has 3 heterocycles. The van der Waals surface area contributed by atoms with E-state index < -0.39 is 0 Å². The highest BCUT2D eigenvalue weighted by molar-refractivity contribution is 7.20. The number of nitrogens with zero attached hydrogens (tertiary/aromatic N) is 4. The highest BCUT2D eigenvalue weighted by Crippen LogP contribution is 2.27. The van der Waals surface area contributed by atoms with Gasteiger partial charge in [0.05, 0.1) is 0 Å². The zero-order valence-electron chi connectivity index (χ0n) is 17.4. The zero-order valence-corrected chi connectivity index (χ0v) is 18.2. The van der Waals surface area contributed by atoms with Gasteiger partial charge in [0.2, 0.25) is 16.0 Å². The maximum atomic E-state index is 12.7. The lowest BCUT2D eigenvalue weighted by Gasteiger charge is -2.30. The van der Waals surface area contributed by atoms with E-state index in [2.05, 4.69) is 40.2 Å². The third-order valence-corrected chi connectivity index (χ3v) is 6.50. The number of aromatic nitrogens is 3. The van der Waals surface area contributed by atoms with Crippen molar-refractivity contribution in [3.05, 3.63) is 51.9 Å². The molecule has 1 aromatic carbocycles. The molecule has 3 aromatic rings. The van der Waals surface area contributed by atoms with Crippen LogP contribution in [0.15, 0.2) is 35.1 Å². The molecule has 0 unspecified atom stereocenters. The minimum Gasteiger partial charge on any atom is -0.347 e. The maximum absolute atomic E-state index is 12.7. The highest BCUT2D eigenvalue weighted by Gasteiger charge is 2.27. The summed E-state index contributed by atoms with van der Waals surface area (Å²) in [7, 11) is 0. The Kier molecular flexibility index (Phi) is 6.13. The summed E-state index contributed by atoms with van der Waals surface area (Å²) in [5.41, 5.74) is 2.76. The number of nitrogens with one attached hydrogen (secondary N) is 1. The highest BCUT2D eigenvalue weighted by atomic mass is 32.1. The van der Waals surface area contributed by atoms with E-state index in [9.17, 15) is 9.59 Å². The number of benzene rings is 1. The third kappa shape index (κ3) is 4.38. The molecule has 0 spiro atoms. The van der Waals surface area contributed by atoms with Crippen molar-refractivity contribution in [3.63, 3.8) is 0 Å². The lowest BCUT2D eigenvalue weighted by molar-refractivity contribution is -0.120. The number of rotatable bonds is 6. The van der Waals surface area contributed by atoms with E-state index in [0.29, 0.717) is 4.96 Å². The van der Waals surface area contributed by atoms with Crippen LogP contribution in [-0.4, -0.2) is 33.6 Å². The maximum Gasteiger partial charge on any atom is 0.275 e. The fraction of sp³-hybridized carbons (Fsp3) is 0.455. The topological polar surface area (TPSA) is 79.6 Å². The lowest BCUT2D eigenvalue weighted by atomic mass is 9.96. The van der Waals surface area contributed by atoms with Gasteiger partial charge in [0.25, 0.3) is 5.56 Å². The molecule has 0 atom stereocenters. The van der Waals surface area contributed by atoms with E-state index in [1.165, 1.54) is 21.4 Å². The minimum atomic E-state index is -0.130. The SMILES string of the molecule is CCCc1cc(=O)n2nc(N3CCC(C(=O)Nc4cccc(CC)c4)CC3)sc2n1. The molecule has 0 saturated carbocycles. The summed E-state index contributed by atoms with van der Waals surface area (Å²) in [5.74, 6) is 0.0622. The summed E-state index contributed by atoms with van der Waals surface area (Å²) >= 11 is 1.44. The molecule has 0 radical (unpaired) electrons. The molecule has 0 bridgehead atoms. The molecule has 1 saturated heterocycles. The summed E-state index contributed by atoms with van der Waals surface area (Å²) in [6, 6.07) is 9.59. The first-order chi connectivity index (χ1) is 14.6.